The van der Waals surface area contributed by atoms with E-state index < -0.39 is 0 Å². The molecule has 0 saturated carbocycles. The van der Waals surface area contributed by atoms with E-state index in [0.29, 0.717) is 23.1 Å². The van der Waals surface area contributed by atoms with Gasteiger partial charge in [0, 0.05) is 15.4 Å². The monoisotopic (exact) mass is 489 g/mol. The molecule has 4 nitrogen and oxygen atoms in total. The molecule has 6 heteroatoms. The van der Waals surface area contributed by atoms with Gasteiger partial charge in [-0.3, -0.25) is 4.79 Å². The van der Waals surface area contributed by atoms with E-state index in [-0.39, 0.29) is 17.3 Å². The maximum Gasteiger partial charge on any atom is 0.341 e. The Kier molecular flexibility index (Phi) is 7.19. The van der Waals surface area contributed by atoms with Crippen LogP contribution in [0.4, 0.5) is 5.00 Å². The second-order valence-corrected chi connectivity index (χ2v) is 10.6. The van der Waals surface area contributed by atoms with Crippen molar-refractivity contribution >= 4 is 50.2 Å². The van der Waals surface area contributed by atoms with Crippen molar-refractivity contribution in [3.8, 4) is 0 Å². The molecule has 1 heterocycles. The van der Waals surface area contributed by atoms with E-state index in [2.05, 4.69) is 42.0 Å². The van der Waals surface area contributed by atoms with Crippen molar-refractivity contribution in [1.29, 1.82) is 0 Å². The lowest BCUT2D eigenvalue weighted by molar-refractivity contribution is -0.111. The standard InChI is InChI=1S/C24H28BrNO3S/c1-5-29-23(28)21-18-12-9-16(24(2,3)4)14-19(18)30-22(21)26-20(27)13-8-15-6-10-17(25)11-7-15/h6-8,10-11,13,16H,5,9,12,14H2,1-4H3,(H,26,27)/b13-8+. The summed E-state index contributed by atoms with van der Waals surface area (Å²) in [6.45, 7) is 8.89. The Bertz CT molecular complexity index is 954. The molecule has 1 aliphatic rings. The number of benzene rings is 1. The number of fused-ring (bicyclic) bond motifs is 1. The minimum absolute atomic E-state index is 0.211. The van der Waals surface area contributed by atoms with Gasteiger partial charge >= 0.3 is 5.97 Å². The first-order valence-corrected chi connectivity index (χ1v) is 11.9. The predicted octanol–water partition coefficient (Wildman–Crippen LogP) is 6.49. The van der Waals surface area contributed by atoms with Gasteiger partial charge in [0.25, 0.3) is 0 Å². The van der Waals surface area contributed by atoms with Crippen LogP contribution in [0.25, 0.3) is 6.08 Å². The lowest BCUT2D eigenvalue weighted by Gasteiger charge is -2.33. The van der Waals surface area contributed by atoms with E-state index in [9.17, 15) is 9.59 Å². The molecule has 0 saturated heterocycles. The van der Waals surface area contributed by atoms with Crippen molar-refractivity contribution in [3.63, 3.8) is 0 Å². The summed E-state index contributed by atoms with van der Waals surface area (Å²) in [4.78, 5) is 26.4. The van der Waals surface area contributed by atoms with Gasteiger partial charge in [-0.25, -0.2) is 4.79 Å². The van der Waals surface area contributed by atoms with E-state index in [1.165, 1.54) is 22.3 Å². The number of anilines is 1. The summed E-state index contributed by atoms with van der Waals surface area (Å²) in [5.41, 5.74) is 2.72. The smallest absolute Gasteiger partial charge is 0.341 e. The summed E-state index contributed by atoms with van der Waals surface area (Å²) in [5, 5.41) is 3.52. The molecule has 1 N–H and O–H groups in total. The van der Waals surface area contributed by atoms with Crippen molar-refractivity contribution < 1.29 is 14.3 Å². The van der Waals surface area contributed by atoms with Gasteiger partial charge in [-0.15, -0.1) is 11.3 Å². The van der Waals surface area contributed by atoms with Crippen LogP contribution in [0.1, 0.15) is 60.5 Å². The molecule has 0 radical (unpaired) electrons. The molecule has 3 rings (SSSR count). The Balaban J connectivity index is 1.84. The zero-order valence-electron chi connectivity index (χ0n) is 17.9. The number of rotatable bonds is 5. The highest BCUT2D eigenvalue weighted by Gasteiger charge is 2.34. The molecule has 1 aliphatic carbocycles. The van der Waals surface area contributed by atoms with Crippen molar-refractivity contribution in [3.05, 3.63) is 56.4 Å². The predicted molar refractivity (Wildman–Crippen MR) is 127 cm³/mol. The molecular weight excluding hydrogens is 462 g/mol. The molecule has 1 amide bonds. The molecule has 0 fully saturated rings. The fourth-order valence-electron chi connectivity index (χ4n) is 3.73. The summed E-state index contributed by atoms with van der Waals surface area (Å²) in [5.74, 6) is -0.0506. The van der Waals surface area contributed by atoms with E-state index in [0.717, 1.165) is 34.9 Å². The highest BCUT2D eigenvalue weighted by Crippen LogP contribution is 2.44. The lowest BCUT2D eigenvalue weighted by Crippen LogP contribution is -2.26. The molecule has 0 aliphatic heterocycles. The topological polar surface area (TPSA) is 55.4 Å². The van der Waals surface area contributed by atoms with E-state index in [1.54, 1.807) is 13.0 Å². The second kappa shape index (κ2) is 9.48. The molecular formula is C24H28BrNO3S. The van der Waals surface area contributed by atoms with Gasteiger partial charge in [-0.2, -0.15) is 0 Å². The lowest BCUT2D eigenvalue weighted by atomic mass is 9.72. The Labute approximate surface area is 190 Å². The average Bonchev–Trinajstić information content (AvgIpc) is 3.04. The first kappa shape index (κ1) is 22.8. The Hall–Kier alpha value is -1.92. The van der Waals surface area contributed by atoms with Gasteiger partial charge in [0.05, 0.1) is 12.2 Å². The summed E-state index contributed by atoms with van der Waals surface area (Å²) in [7, 11) is 0. The van der Waals surface area contributed by atoms with Gasteiger partial charge in [0.15, 0.2) is 0 Å². The fourth-order valence-corrected chi connectivity index (χ4v) is 5.31. The number of esters is 1. The molecule has 30 heavy (non-hydrogen) atoms. The zero-order chi connectivity index (χ0) is 21.9. The molecule has 1 unspecified atom stereocenters. The Morgan fingerprint density at radius 1 is 1.27 bits per heavy atom. The molecule has 160 valence electrons. The van der Waals surface area contributed by atoms with Crippen molar-refractivity contribution in [2.45, 2.75) is 47.0 Å². The third-order valence-electron chi connectivity index (χ3n) is 5.50. The van der Waals surface area contributed by atoms with Crippen LogP contribution in [0.3, 0.4) is 0 Å². The minimum Gasteiger partial charge on any atom is -0.462 e. The van der Waals surface area contributed by atoms with Crippen LogP contribution in [0.5, 0.6) is 0 Å². The van der Waals surface area contributed by atoms with Crippen LogP contribution in [0, 0.1) is 11.3 Å². The Morgan fingerprint density at radius 2 is 1.97 bits per heavy atom. The van der Waals surface area contributed by atoms with Crippen LogP contribution in [0.15, 0.2) is 34.8 Å². The van der Waals surface area contributed by atoms with E-state index in [1.807, 2.05) is 24.3 Å². The average molecular weight is 490 g/mol. The van der Waals surface area contributed by atoms with Gasteiger partial charge < -0.3 is 10.1 Å². The quantitative estimate of drug-likeness (QED) is 0.385. The van der Waals surface area contributed by atoms with Crippen LogP contribution >= 0.6 is 27.3 Å². The minimum atomic E-state index is -0.351. The molecule has 1 aromatic heterocycles. The van der Waals surface area contributed by atoms with Crippen LogP contribution in [0.2, 0.25) is 0 Å². The normalized spacial score (nSPS) is 16.4. The number of nitrogens with one attached hydrogen (secondary N) is 1. The number of hydrogen-bond acceptors (Lipinski definition) is 4. The summed E-state index contributed by atoms with van der Waals surface area (Å²) < 4.78 is 6.29. The molecule has 1 atom stereocenters. The van der Waals surface area contributed by atoms with Crippen molar-refractivity contribution in [1.82, 2.24) is 0 Å². The zero-order valence-corrected chi connectivity index (χ0v) is 20.3. The number of halogens is 1. The third-order valence-corrected chi connectivity index (χ3v) is 7.20. The molecule has 0 spiro atoms. The number of ether oxygens (including phenoxy) is 1. The second-order valence-electron chi connectivity index (χ2n) is 8.61. The van der Waals surface area contributed by atoms with Crippen molar-refractivity contribution in [2.24, 2.45) is 11.3 Å². The number of amides is 1. The van der Waals surface area contributed by atoms with Crippen molar-refractivity contribution in [2.75, 3.05) is 11.9 Å². The number of carbonyl (C=O) groups excluding carboxylic acids is 2. The summed E-state index contributed by atoms with van der Waals surface area (Å²) in [6.07, 6.45) is 6.06. The largest absolute Gasteiger partial charge is 0.462 e. The van der Waals surface area contributed by atoms with E-state index >= 15 is 0 Å². The molecule has 0 bridgehead atoms. The van der Waals surface area contributed by atoms with E-state index in [4.69, 9.17) is 4.74 Å². The van der Waals surface area contributed by atoms with Crippen LogP contribution < -0.4 is 5.32 Å². The van der Waals surface area contributed by atoms with Gasteiger partial charge in [0.2, 0.25) is 5.91 Å². The van der Waals surface area contributed by atoms with Crippen LogP contribution in [-0.4, -0.2) is 18.5 Å². The van der Waals surface area contributed by atoms with Gasteiger partial charge in [-0.1, -0.05) is 48.8 Å². The van der Waals surface area contributed by atoms with Gasteiger partial charge in [0.1, 0.15) is 5.00 Å². The third kappa shape index (κ3) is 5.41. The maximum absolute atomic E-state index is 12.7. The summed E-state index contributed by atoms with van der Waals surface area (Å²) >= 11 is 4.92. The Morgan fingerprint density at radius 3 is 2.60 bits per heavy atom. The molecule has 1 aromatic carbocycles. The molecule has 2 aromatic rings. The SMILES string of the molecule is CCOC(=O)c1c(NC(=O)/C=C/c2ccc(Br)cc2)sc2c1CCC(C(C)(C)C)C2. The van der Waals surface area contributed by atoms with Crippen LogP contribution in [-0.2, 0) is 22.4 Å². The highest BCUT2D eigenvalue weighted by molar-refractivity contribution is 9.10. The van der Waals surface area contributed by atoms with Gasteiger partial charge in [-0.05, 0) is 66.9 Å². The number of hydrogen-bond donors (Lipinski definition) is 1. The maximum atomic E-state index is 12.7. The first-order chi connectivity index (χ1) is 14.2. The highest BCUT2D eigenvalue weighted by atomic mass is 79.9. The summed E-state index contributed by atoms with van der Waals surface area (Å²) in [6, 6.07) is 7.70. The first-order valence-electron chi connectivity index (χ1n) is 10.2. The number of thiophene rings is 1. The number of carbonyl (C=O) groups is 2. The fraction of sp³-hybridized carbons (Fsp3) is 0.417.